The van der Waals surface area contributed by atoms with E-state index in [1.54, 1.807) is 11.8 Å². The zero-order chi connectivity index (χ0) is 8.27. The van der Waals surface area contributed by atoms with E-state index in [2.05, 4.69) is 18.4 Å². The van der Waals surface area contributed by atoms with Crippen LogP contribution in [0.2, 0.25) is 0 Å². The second-order valence-corrected chi connectivity index (χ2v) is 3.45. The van der Waals surface area contributed by atoms with Crippen LogP contribution in [0.4, 0.5) is 5.69 Å². The van der Waals surface area contributed by atoms with E-state index in [1.165, 1.54) is 11.1 Å². The van der Waals surface area contributed by atoms with Crippen molar-refractivity contribution in [2.45, 2.75) is 12.7 Å². The number of nitrogens with two attached hydrogens (primary N) is 1. The summed E-state index contributed by atoms with van der Waals surface area (Å²) in [7, 11) is 0. The van der Waals surface area contributed by atoms with E-state index >= 15 is 0 Å². The molecule has 1 rings (SSSR count). The molecule has 1 aromatic carbocycles. The van der Waals surface area contributed by atoms with Crippen LogP contribution in [0.15, 0.2) is 18.2 Å². The molecule has 1 nitrogen and oxygen atoms in total. The number of hydrogen-bond donors (Lipinski definition) is 1. The van der Waals surface area contributed by atoms with Gasteiger partial charge in [0.1, 0.15) is 0 Å². The molecular formula is C9H13NS. The van der Waals surface area contributed by atoms with Crippen molar-refractivity contribution >= 4 is 17.4 Å². The van der Waals surface area contributed by atoms with Crippen LogP contribution in [0.25, 0.3) is 0 Å². The number of para-hydroxylation sites is 1. The number of anilines is 1. The van der Waals surface area contributed by atoms with E-state index in [0.717, 1.165) is 11.4 Å². The maximum absolute atomic E-state index is 5.86. The van der Waals surface area contributed by atoms with Gasteiger partial charge in [-0.1, -0.05) is 18.2 Å². The second kappa shape index (κ2) is 3.67. The van der Waals surface area contributed by atoms with Gasteiger partial charge in [0.15, 0.2) is 0 Å². The topological polar surface area (TPSA) is 26.0 Å². The quantitative estimate of drug-likeness (QED) is 0.685. The van der Waals surface area contributed by atoms with Gasteiger partial charge in [0.25, 0.3) is 0 Å². The molecule has 0 aliphatic heterocycles. The highest BCUT2D eigenvalue weighted by Gasteiger charge is 1.98. The van der Waals surface area contributed by atoms with Gasteiger partial charge in [0.2, 0.25) is 0 Å². The molecule has 0 atom stereocenters. The molecule has 0 fully saturated rings. The van der Waals surface area contributed by atoms with Gasteiger partial charge in [0, 0.05) is 11.4 Å². The highest BCUT2D eigenvalue weighted by molar-refractivity contribution is 7.97. The third-order valence-corrected chi connectivity index (χ3v) is 2.31. The molecule has 0 saturated carbocycles. The SMILES string of the molecule is CSCc1cccc(C)c1N. The second-order valence-electron chi connectivity index (χ2n) is 2.58. The van der Waals surface area contributed by atoms with Crippen LogP contribution in [0.1, 0.15) is 11.1 Å². The Labute approximate surface area is 72.0 Å². The summed E-state index contributed by atoms with van der Waals surface area (Å²) in [5, 5.41) is 0. The number of hydrogen-bond acceptors (Lipinski definition) is 2. The smallest absolute Gasteiger partial charge is 0.0384 e. The average molecular weight is 167 g/mol. The van der Waals surface area contributed by atoms with Gasteiger partial charge in [-0.3, -0.25) is 0 Å². The maximum atomic E-state index is 5.86. The highest BCUT2D eigenvalue weighted by atomic mass is 32.2. The predicted octanol–water partition coefficient (Wildman–Crippen LogP) is 2.44. The Kier molecular flexibility index (Phi) is 2.83. The van der Waals surface area contributed by atoms with Crippen LogP contribution in [-0.2, 0) is 5.75 Å². The molecule has 0 spiro atoms. The Morgan fingerprint density at radius 2 is 2.18 bits per heavy atom. The number of nitrogen functional groups attached to an aromatic ring is 1. The van der Waals surface area contributed by atoms with Crippen LogP contribution >= 0.6 is 11.8 Å². The van der Waals surface area contributed by atoms with Crippen molar-refractivity contribution < 1.29 is 0 Å². The monoisotopic (exact) mass is 167 g/mol. The summed E-state index contributed by atoms with van der Waals surface area (Å²) >= 11 is 1.80. The first kappa shape index (κ1) is 8.47. The minimum atomic E-state index is 0.946. The molecule has 0 saturated heterocycles. The van der Waals surface area contributed by atoms with Gasteiger partial charge in [0.05, 0.1) is 0 Å². The van der Waals surface area contributed by atoms with E-state index in [9.17, 15) is 0 Å². The first-order valence-corrected chi connectivity index (χ1v) is 4.98. The van der Waals surface area contributed by atoms with Crippen LogP contribution in [0.3, 0.4) is 0 Å². The third kappa shape index (κ3) is 1.90. The molecule has 0 unspecified atom stereocenters. The summed E-state index contributed by atoms with van der Waals surface area (Å²) in [5.41, 5.74) is 9.23. The lowest BCUT2D eigenvalue weighted by Gasteiger charge is -2.05. The lowest BCUT2D eigenvalue weighted by atomic mass is 10.1. The van der Waals surface area contributed by atoms with E-state index in [1.807, 2.05) is 13.0 Å². The van der Waals surface area contributed by atoms with Crippen LogP contribution in [0.5, 0.6) is 0 Å². The zero-order valence-corrected chi connectivity index (χ0v) is 7.74. The lowest BCUT2D eigenvalue weighted by molar-refractivity contribution is 1.36. The molecule has 11 heavy (non-hydrogen) atoms. The van der Waals surface area contributed by atoms with E-state index < -0.39 is 0 Å². The molecule has 0 radical (unpaired) electrons. The number of benzene rings is 1. The minimum absolute atomic E-state index is 0.946. The number of thioether (sulfide) groups is 1. The highest BCUT2D eigenvalue weighted by Crippen LogP contribution is 2.19. The standard InChI is InChI=1S/C9H13NS/c1-7-4-3-5-8(6-11-2)9(7)10/h3-5H,6,10H2,1-2H3. The van der Waals surface area contributed by atoms with Crippen molar-refractivity contribution in [3.63, 3.8) is 0 Å². The summed E-state index contributed by atoms with van der Waals surface area (Å²) in [5.74, 6) is 1.01. The number of aryl methyl sites for hydroxylation is 1. The van der Waals surface area contributed by atoms with Crippen molar-refractivity contribution in [1.29, 1.82) is 0 Å². The Balaban J connectivity index is 2.96. The fourth-order valence-corrected chi connectivity index (χ4v) is 1.59. The molecule has 1 aromatic rings. The molecule has 0 aromatic heterocycles. The van der Waals surface area contributed by atoms with E-state index in [-0.39, 0.29) is 0 Å². The van der Waals surface area contributed by atoms with Gasteiger partial charge < -0.3 is 5.73 Å². The molecule has 0 amide bonds. The largest absolute Gasteiger partial charge is 0.398 e. The van der Waals surface area contributed by atoms with E-state index in [4.69, 9.17) is 5.73 Å². The Bertz CT molecular complexity index is 245. The molecule has 2 heteroatoms. The van der Waals surface area contributed by atoms with Gasteiger partial charge >= 0.3 is 0 Å². The summed E-state index contributed by atoms with van der Waals surface area (Å²) in [6, 6.07) is 6.18. The maximum Gasteiger partial charge on any atom is 0.0384 e. The van der Waals surface area contributed by atoms with Gasteiger partial charge in [-0.15, -0.1) is 0 Å². The number of rotatable bonds is 2. The Hall–Kier alpha value is -0.630. The fourth-order valence-electron chi connectivity index (χ4n) is 1.02. The normalized spacial score (nSPS) is 10.0. The molecule has 0 heterocycles. The van der Waals surface area contributed by atoms with Crippen molar-refractivity contribution in [3.8, 4) is 0 Å². The summed E-state index contributed by atoms with van der Waals surface area (Å²) in [6.45, 7) is 2.04. The van der Waals surface area contributed by atoms with Crippen molar-refractivity contribution in [2.75, 3.05) is 12.0 Å². The zero-order valence-electron chi connectivity index (χ0n) is 6.92. The van der Waals surface area contributed by atoms with Gasteiger partial charge in [-0.25, -0.2) is 0 Å². The Morgan fingerprint density at radius 1 is 1.45 bits per heavy atom. The average Bonchev–Trinajstić information content (AvgIpc) is 1.99. The fraction of sp³-hybridized carbons (Fsp3) is 0.333. The minimum Gasteiger partial charge on any atom is -0.398 e. The molecule has 0 aliphatic rings. The first-order valence-electron chi connectivity index (χ1n) is 3.58. The first-order chi connectivity index (χ1) is 5.25. The summed E-state index contributed by atoms with van der Waals surface area (Å²) in [4.78, 5) is 0. The summed E-state index contributed by atoms with van der Waals surface area (Å²) in [6.07, 6.45) is 2.09. The summed E-state index contributed by atoms with van der Waals surface area (Å²) < 4.78 is 0. The van der Waals surface area contributed by atoms with E-state index in [0.29, 0.717) is 0 Å². The Morgan fingerprint density at radius 3 is 2.82 bits per heavy atom. The van der Waals surface area contributed by atoms with Gasteiger partial charge in [-0.05, 0) is 24.3 Å². The van der Waals surface area contributed by atoms with Crippen molar-refractivity contribution in [1.82, 2.24) is 0 Å². The van der Waals surface area contributed by atoms with Crippen LogP contribution in [-0.4, -0.2) is 6.26 Å². The van der Waals surface area contributed by atoms with Crippen LogP contribution < -0.4 is 5.73 Å². The third-order valence-electron chi connectivity index (χ3n) is 1.71. The molecule has 0 aliphatic carbocycles. The molecule has 0 bridgehead atoms. The predicted molar refractivity (Wildman–Crippen MR) is 52.8 cm³/mol. The molecule has 60 valence electrons. The lowest BCUT2D eigenvalue weighted by Crippen LogP contribution is -1.94. The van der Waals surface area contributed by atoms with Crippen molar-refractivity contribution in [2.24, 2.45) is 0 Å². The van der Waals surface area contributed by atoms with Crippen LogP contribution in [0, 0.1) is 6.92 Å². The van der Waals surface area contributed by atoms with Gasteiger partial charge in [-0.2, -0.15) is 11.8 Å². The van der Waals surface area contributed by atoms with Crippen molar-refractivity contribution in [3.05, 3.63) is 29.3 Å². The molecule has 2 N–H and O–H groups in total. The molecular weight excluding hydrogens is 154 g/mol.